The molecule has 1 aliphatic heterocycles. The number of carbonyl (C=O) groups is 4. The summed E-state index contributed by atoms with van der Waals surface area (Å²) in [5.41, 5.74) is 4.74. The van der Waals surface area contributed by atoms with Crippen molar-refractivity contribution in [2.45, 2.75) is 43.5 Å². The fourth-order valence-electron chi connectivity index (χ4n) is 3.53. The minimum absolute atomic E-state index is 0.0620. The number of ketones is 1. The van der Waals surface area contributed by atoms with Crippen LogP contribution in [0, 0.1) is 17.2 Å². The zero-order valence-corrected chi connectivity index (χ0v) is 19.1. The number of benzene rings is 1. The Morgan fingerprint density at radius 3 is 2.70 bits per heavy atom. The summed E-state index contributed by atoms with van der Waals surface area (Å²) in [5.74, 6) is -3.68. The van der Waals surface area contributed by atoms with Gasteiger partial charge in [-0.3, -0.25) is 19.2 Å². The van der Waals surface area contributed by atoms with Crippen molar-refractivity contribution in [3.05, 3.63) is 29.8 Å². The quantitative estimate of drug-likeness (QED) is 0.416. The molecular weight excluding hydrogens is 450 g/mol. The molecule has 2 rings (SSSR count). The second-order valence-electron chi connectivity index (χ2n) is 7.82. The largest absolute Gasteiger partial charge is 0.361 e. The van der Waals surface area contributed by atoms with E-state index in [0.717, 1.165) is 0 Å². The molecule has 3 amide bonds. The lowest BCUT2D eigenvalue weighted by Crippen LogP contribution is -2.50. The molecule has 1 fully saturated rings. The van der Waals surface area contributed by atoms with E-state index in [4.69, 9.17) is 5.73 Å². The van der Waals surface area contributed by atoms with E-state index >= 15 is 0 Å². The van der Waals surface area contributed by atoms with Gasteiger partial charge in [0.1, 0.15) is 17.0 Å². The third kappa shape index (κ3) is 6.59. The van der Waals surface area contributed by atoms with Crippen molar-refractivity contribution in [1.29, 1.82) is 5.26 Å². The number of rotatable bonds is 8. The van der Waals surface area contributed by atoms with Crippen LogP contribution in [0.15, 0.2) is 29.2 Å². The van der Waals surface area contributed by atoms with Crippen LogP contribution >= 0.6 is 0 Å². The Labute approximate surface area is 192 Å². The maximum absolute atomic E-state index is 13.5. The number of primary amides is 1. The zero-order valence-electron chi connectivity index (χ0n) is 18.2. The summed E-state index contributed by atoms with van der Waals surface area (Å²) in [4.78, 5) is 47.7. The highest BCUT2D eigenvalue weighted by molar-refractivity contribution is 7.89. The van der Waals surface area contributed by atoms with Gasteiger partial charge in [-0.2, -0.15) is 5.26 Å². The molecule has 1 saturated heterocycles. The lowest BCUT2D eigenvalue weighted by molar-refractivity contribution is -0.137. The lowest BCUT2D eigenvalue weighted by Gasteiger charge is -2.30. The van der Waals surface area contributed by atoms with Crippen LogP contribution in [-0.4, -0.2) is 61.9 Å². The normalized spacial score (nSPS) is 17.3. The van der Waals surface area contributed by atoms with Gasteiger partial charge in [-0.05, 0) is 43.9 Å². The molecule has 12 heteroatoms. The topological polar surface area (TPSA) is 180 Å². The molecule has 11 nitrogen and oxygen atoms in total. The molecule has 0 aliphatic carbocycles. The van der Waals surface area contributed by atoms with Gasteiger partial charge >= 0.3 is 11.8 Å². The molecule has 178 valence electrons. The van der Waals surface area contributed by atoms with Gasteiger partial charge in [0.05, 0.1) is 12.1 Å². The molecule has 4 N–H and O–H groups in total. The van der Waals surface area contributed by atoms with E-state index in [1.807, 2.05) is 6.07 Å². The SMILES string of the molecule is C[C@@H](CCNC(=O)C(N)=O)CC(=O)N(C1CCCNCC1=O)S(=O)(=O)c1ccccc1C#N. The first-order valence-electron chi connectivity index (χ1n) is 10.5. The molecule has 1 aromatic carbocycles. The summed E-state index contributed by atoms with van der Waals surface area (Å²) >= 11 is 0. The summed E-state index contributed by atoms with van der Waals surface area (Å²) in [5, 5.41) is 14.6. The van der Waals surface area contributed by atoms with Gasteiger partial charge in [0.25, 0.3) is 10.0 Å². The molecule has 1 aromatic rings. The van der Waals surface area contributed by atoms with Gasteiger partial charge in [-0.25, -0.2) is 12.7 Å². The van der Waals surface area contributed by atoms with Crippen molar-refractivity contribution in [1.82, 2.24) is 14.9 Å². The molecule has 1 heterocycles. The van der Waals surface area contributed by atoms with Crippen molar-refractivity contribution in [2.75, 3.05) is 19.6 Å². The Morgan fingerprint density at radius 2 is 2.03 bits per heavy atom. The number of nitrogens with zero attached hydrogens (tertiary/aromatic N) is 2. The van der Waals surface area contributed by atoms with E-state index in [1.165, 1.54) is 24.3 Å². The standard InChI is InChI=1S/C21H27N5O6S/c1-14(8-10-25-21(30)20(23)29)11-19(28)26(16-6-4-9-24-13-17(16)27)33(31,32)18-7-3-2-5-15(18)12-22/h2-3,5,7,14,16,24H,4,6,8-11,13H2,1H3,(H2,23,29)(H,25,30)/t14-,16?/m0/s1. The molecule has 0 radical (unpaired) electrons. The summed E-state index contributed by atoms with van der Waals surface area (Å²) in [6.07, 6.45) is 0.698. The Balaban J connectivity index is 2.32. The fourth-order valence-corrected chi connectivity index (χ4v) is 5.29. The van der Waals surface area contributed by atoms with Crippen LogP contribution in [0.2, 0.25) is 0 Å². The highest BCUT2D eigenvalue weighted by atomic mass is 32.2. The first-order chi connectivity index (χ1) is 15.6. The van der Waals surface area contributed by atoms with E-state index in [9.17, 15) is 32.9 Å². The molecule has 0 aromatic heterocycles. The Kier molecular flexibility index (Phi) is 9.07. The maximum atomic E-state index is 13.5. The molecule has 33 heavy (non-hydrogen) atoms. The van der Waals surface area contributed by atoms with E-state index in [1.54, 1.807) is 6.92 Å². The number of nitrogens with one attached hydrogen (secondary N) is 2. The first kappa shape index (κ1) is 26.0. The van der Waals surface area contributed by atoms with E-state index in [0.29, 0.717) is 17.3 Å². The van der Waals surface area contributed by atoms with Gasteiger partial charge in [-0.1, -0.05) is 19.1 Å². The van der Waals surface area contributed by atoms with E-state index < -0.39 is 39.6 Å². The first-order valence-corrected chi connectivity index (χ1v) is 11.9. The van der Waals surface area contributed by atoms with E-state index in [-0.39, 0.29) is 48.7 Å². The summed E-state index contributed by atoms with van der Waals surface area (Å²) in [6, 6.07) is 6.14. The van der Waals surface area contributed by atoms with Gasteiger partial charge < -0.3 is 16.4 Å². The van der Waals surface area contributed by atoms with Crippen LogP contribution in [0.5, 0.6) is 0 Å². The van der Waals surface area contributed by atoms with Crippen LogP contribution < -0.4 is 16.4 Å². The monoisotopic (exact) mass is 477 g/mol. The van der Waals surface area contributed by atoms with Crippen LogP contribution in [0.3, 0.4) is 0 Å². The van der Waals surface area contributed by atoms with Crippen LogP contribution in [0.25, 0.3) is 0 Å². The predicted molar refractivity (Wildman–Crippen MR) is 117 cm³/mol. The van der Waals surface area contributed by atoms with Crippen LogP contribution in [-0.2, 0) is 29.2 Å². The van der Waals surface area contributed by atoms with E-state index in [2.05, 4.69) is 10.6 Å². The number of nitrogens with two attached hydrogens (primary N) is 1. The molecule has 0 saturated carbocycles. The van der Waals surface area contributed by atoms with Crippen molar-refractivity contribution in [3.8, 4) is 6.07 Å². The Hall–Kier alpha value is -3.30. The minimum Gasteiger partial charge on any atom is -0.361 e. The Morgan fingerprint density at radius 1 is 1.33 bits per heavy atom. The average Bonchev–Trinajstić information content (AvgIpc) is 2.97. The fraction of sp³-hybridized carbons (Fsp3) is 0.476. The molecule has 1 aliphatic rings. The second kappa shape index (κ2) is 11.5. The predicted octanol–water partition coefficient (Wildman–Crippen LogP) is -0.586. The molecule has 1 unspecified atom stereocenters. The van der Waals surface area contributed by atoms with Gasteiger partial charge in [0, 0.05) is 13.0 Å². The lowest BCUT2D eigenvalue weighted by atomic mass is 10.0. The molecule has 0 spiro atoms. The summed E-state index contributed by atoms with van der Waals surface area (Å²) in [7, 11) is -4.50. The summed E-state index contributed by atoms with van der Waals surface area (Å²) in [6.45, 7) is 2.18. The number of amides is 3. The number of sulfonamides is 1. The number of hydrogen-bond donors (Lipinski definition) is 3. The maximum Gasteiger partial charge on any atom is 0.309 e. The van der Waals surface area contributed by atoms with Crippen molar-refractivity contribution in [2.24, 2.45) is 11.7 Å². The van der Waals surface area contributed by atoms with Crippen molar-refractivity contribution >= 4 is 33.5 Å². The number of hydrogen-bond acceptors (Lipinski definition) is 8. The number of Topliss-reactive ketones (excluding diaryl/α,β-unsaturated/α-hetero) is 1. The zero-order chi connectivity index (χ0) is 24.6. The number of nitriles is 1. The van der Waals surface area contributed by atoms with Crippen LogP contribution in [0.1, 0.15) is 38.2 Å². The molecule has 2 atom stereocenters. The van der Waals surface area contributed by atoms with Crippen molar-refractivity contribution in [3.63, 3.8) is 0 Å². The van der Waals surface area contributed by atoms with Gasteiger partial charge in [0.2, 0.25) is 5.91 Å². The third-order valence-corrected chi connectivity index (χ3v) is 7.13. The van der Waals surface area contributed by atoms with Crippen LogP contribution in [0.4, 0.5) is 0 Å². The smallest absolute Gasteiger partial charge is 0.309 e. The number of carbonyl (C=O) groups excluding carboxylic acids is 4. The minimum atomic E-state index is -4.50. The summed E-state index contributed by atoms with van der Waals surface area (Å²) < 4.78 is 27.7. The average molecular weight is 478 g/mol. The van der Waals surface area contributed by atoms with Gasteiger partial charge in [0.15, 0.2) is 5.78 Å². The second-order valence-corrected chi connectivity index (χ2v) is 9.61. The highest BCUT2D eigenvalue weighted by Gasteiger charge is 2.40. The van der Waals surface area contributed by atoms with Gasteiger partial charge in [-0.15, -0.1) is 0 Å². The van der Waals surface area contributed by atoms with Crippen molar-refractivity contribution < 1.29 is 27.6 Å². The molecule has 0 bridgehead atoms. The highest BCUT2D eigenvalue weighted by Crippen LogP contribution is 2.26. The third-order valence-electron chi connectivity index (χ3n) is 5.24. The Bertz CT molecular complexity index is 1070. The molecular formula is C21H27N5O6S.